The van der Waals surface area contributed by atoms with Crippen LogP contribution in [0.4, 0.5) is 17.6 Å². The summed E-state index contributed by atoms with van der Waals surface area (Å²) in [4.78, 5) is 18.5. The zero-order valence-electron chi connectivity index (χ0n) is 14.6. The number of halogens is 4. The molecule has 2 aliphatic heterocycles. The fourth-order valence-corrected chi connectivity index (χ4v) is 4.18. The fraction of sp³-hybridized carbons (Fsp3) is 0.588. The van der Waals surface area contributed by atoms with Crippen LogP contribution in [0.15, 0.2) is 12.1 Å². The third kappa shape index (κ3) is 3.26. The molecule has 2 unspecified atom stereocenters. The maximum atomic E-state index is 13.2. The van der Waals surface area contributed by atoms with Crippen LogP contribution in [-0.2, 0) is 0 Å². The van der Waals surface area contributed by atoms with Gasteiger partial charge in [0, 0.05) is 24.2 Å². The second-order valence-corrected chi connectivity index (χ2v) is 7.20. The van der Waals surface area contributed by atoms with Crippen LogP contribution in [0.1, 0.15) is 60.4 Å². The molecule has 2 aliphatic rings. The largest absolute Gasteiger partial charge is 0.348 e. The molecule has 2 aromatic heterocycles. The first kappa shape index (κ1) is 18.1. The highest BCUT2D eigenvalue weighted by atomic mass is 19.3. The van der Waals surface area contributed by atoms with Crippen molar-refractivity contribution in [3.8, 4) is 0 Å². The molecule has 0 spiro atoms. The number of carbonyl (C=O) groups is 1. The van der Waals surface area contributed by atoms with Crippen LogP contribution in [0.3, 0.4) is 0 Å². The standard InChI is InChI=1S/C17H19F4N5O/c1-25-9-2-3-10(25)5-8(4-9)22-17(27)12-7-14-23-11(15(18)19)6-13(16(20)21)26(14)24-12/h6-10,15-16H,2-5H2,1H3,(H,22,27). The molecule has 2 saturated heterocycles. The number of hydrogen-bond acceptors (Lipinski definition) is 4. The third-order valence-corrected chi connectivity index (χ3v) is 5.59. The summed E-state index contributed by atoms with van der Waals surface area (Å²) in [5.41, 5.74) is -1.79. The minimum absolute atomic E-state index is 0.0184. The predicted molar refractivity (Wildman–Crippen MR) is 88.0 cm³/mol. The molecule has 2 atom stereocenters. The van der Waals surface area contributed by atoms with Crippen molar-refractivity contribution in [1.29, 1.82) is 0 Å². The van der Waals surface area contributed by atoms with E-state index in [1.54, 1.807) is 0 Å². The van der Waals surface area contributed by atoms with E-state index in [-0.39, 0.29) is 17.4 Å². The van der Waals surface area contributed by atoms with E-state index in [4.69, 9.17) is 0 Å². The quantitative estimate of drug-likeness (QED) is 0.822. The Morgan fingerprint density at radius 3 is 2.41 bits per heavy atom. The number of nitrogens with zero attached hydrogens (tertiary/aromatic N) is 4. The van der Waals surface area contributed by atoms with Crippen molar-refractivity contribution in [2.24, 2.45) is 0 Å². The second-order valence-electron chi connectivity index (χ2n) is 7.20. The van der Waals surface area contributed by atoms with E-state index >= 15 is 0 Å². The lowest BCUT2D eigenvalue weighted by molar-refractivity contribution is 0.0876. The van der Waals surface area contributed by atoms with Gasteiger partial charge < -0.3 is 10.2 Å². The third-order valence-electron chi connectivity index (χ3n) is 5.59. The maximum Gasteiger partial charge on any atom is 0.280 e. The minimum atomic E-state index is -3.02. The van der Waals surface area contributed by atoms with Crippen molar-refractivity contribution in [3.05, 3.63) is 29.2 Å². The number of rotatable bonds is 4. The summed E-state index contributed by atoms with van der Waals surface area (Å²) in [6.45, 7) is 0. The van der Waals surface area contributed by atoms with E-state index in [1.165, 1.54) is 0 Å². The van der Waals surface area contributed by atoms with Gasteiger partial charge in [0.25, 0.3) is 18.8 Å². The van der Waals surface area contributed by atoms with Gasteiger partial charge in [0.05, 0.1) is 0 Å². The van der Waals surface area contributed by atoms with Crippen molar-refractivity contribution in [2.75, 3.05) is 7.05 Å². The van der Waals surface area contributed by atoms with Gasteiger partial charge in [-0.1, -0.05) is 0 Å². The van der Waals surface area contributed by atoms with Crippen molar-refractivity contribution >= 4 is 11.6 Å². The van der Waals surface area contributed by atoms with Crippen LogP contribution >= 0.6 is 0 Å². The van der Waals surface area contributed by atoms with E-state index < -0.39 is 30.1 Å². The normalized spacial score (nSPS) is 25.7. The maximum absolute atomic E-state index is 13.2. The zero-order chi connectivity index (χ0) is 19.3. The summed E-state index contributed by atoms with van der Waals surface area (Å²) in [6.07, 6.45) is -2.17. The Morgan fingerprint density at radius 2 is 1.81 bits per heavy atom. The minimum Gasteiger partial charge on any atom is -0.348 e. The lowest BCUT2D eigenvalue weighted by Gasteiger charge is -2.36. The Kier molecular flexibility index (Phi) is 4.53. The number of piperidine rings is 1. The number of fused-ring (bicyclic) bond motifs is 3. The summed E-state index contributed by atoms with van der Waals surface area (Å²) in [5.74, 6) is -0.506. The van der Waals surface area contributed by atoms with E-state index in [2.05, 4.69) is 27.3 Å². The Balaban J connectivity index is 1.58. The van der Waals surface area contributed by atoms with Gasteiger partial charge in [0.1, 0.15) is 11.4 Å². The predicted octanol–water partition coefficient (Wildman–Crippen LogP) is 2.96. The lowest BCUT2D eigenvalue weighted by Crippen LogP contribution is -2.48. The molecule has 2 bridgehead atoms. The van der Waals surface area contributed by atoms with Gasteiger partial charge in [0.2, 0.25) is 0 Å². The molecule has 27 heavy (non-hydrogen) atoms. The first-order valence-electron chi connectivity index (χ1n) is 8.83. The molecule has 2 aromatic rings. The summed E-state index contributed by atoms with van der Waals surface area (Å²) in [5, 5.41) is 6.77. The van der Waals surface area contributed by atoms with Crippen LogP contribution < -0.4 is 5.32 Å². The summed E-state index contributed by atoms with van der Waals surface area (Å²) < 4.78 is 53.0. The van der Waals surface area contributed by atoms with Crippen LogP contribution in [0, 0.1) is 0 Å². The molecule has 10 heteroatoms. The Morgan fingerprint density at radius 1 is 1.15 bits per heavy atom. The average Bonchev–Trinajstić information content (AvgIpc) is 3.11. The second kappa shape index (κ2) is 6.74. The molecule has 4 heterocycles. The molecule has 146 valence electrons. The number of hydrogen-bond donors (Lipinski definition) is 1. The van der Waals surface area contributed by atoms with Crippen molar-refractivity contribution in [1.82, 2.24) is 24.8 Å². The Bertz CT molecular complexity index is 856. The SMILES string of the molecule is CN1C2CCC1CC(NC(=O)c1cc3nc(C(F)F)cc(C(F)F)n3n1)C2. The van der Waals surface area contributed by atoms with Gasteiger partial charge in [-0.3, -0.25) is 4.79 Å². The van der Waals surface area contributed by atoms with E-state index in [1.807, 2.05) is 0 Å². The Labute approximate surface area is 152 Å². The molecule has 0 saturated carbocycles. The number of aromatic nitrogens is 3. The van der Waals surface area contributed by atoms with Gasteiger partial charge in [-0.05, 0) is 38.8 Å². The van der Waals surface area contributed by atoms with Crippen molar-refractivity contribution < 1.29 is 22.4 Å². The lowest BCUT2D eigenvalue weighted by atomic mass is 9.98. The average molecular weight is 385 g/mol. The summed E-state index contributed by atoms with van der Waals surface area (Å²) >= 11 is 0. The smallest absolute Gasteiger partial charge is 0.280 e. The zero-order valence-corrected chi connectivity index (χ0v) is 14.6. The van der Waals surface area contributed by atoms with Crippen molar-refractivity contribution in [2.45, 2.75) is 56.7 Å². The summed E-state index contributed by atoms with van der Waals surface area (Å²) in [7, 11) is 2.08. The molecule has 0 aromatic carbocycles. The fourth-order valence-electron chi connectivity index (χ4n) is 4.18. The molecule has 4 rings (SSSR count). The number of nitrogens with one attached hydrogen (secondary N) is 1. The van der Waals surface area contributed by atoms with Crippen LogP contribution in [0.25, 0.3) is 5.65 Å². The van der Waals surface area contributed by atoms with Crippen LogP contribution in [0.2, 0.25) is 0 Å². The first-order valence-corrected chi connectivity index (χ1v) is 8.83. The molecule has 0 aliphatic carbocycles. The van der Waals surface area contributed by atoms with Gasteiger partial charge >= 0.3 is 0 Å². The molecule has 2 fully saturated rings. The van der Waals surface area contributed by atoms with Crippen LogP contribution in [-0.4, -0.2) is 50.6 Å². The van der Waals surface area contributed by atoms with Gasteiger partial charge in [-0.2, -0.15) is 5.10 Å². The molecule has 1 N–H and O–H groups in total. The number of alkyl halides is 4. The van der Waals surface area contributed by atoms with Gasteiger partial charge in [0.15, 0.2) is 11.3 Å². The molecule has 0 radical (unpaired) electrons. The highest BCUT2D eigenvalue weighted by Crippen LogP contribution is 2.34. The van der Waals surface area contributed by atoms with Gasteiger partial charge in [-0.25, -0.2) is 27.1 Å². The van der Waals surface area contributed by atoms with Crippen molar-refractivity contribution in [3.63, 3.8) is 0 Å². The molecular formula is C17H19F4N5O. The molecular weight excluding hydrogens is 366 g/mol. The molecule has 1 amide bonds. The first-order chi connectivity index (χ1) is 12.8. The van der Waals surface area contributed by atoms with Crippen LogP contribution in [0.5, 0.6) is 0 Å². The van der Waals surface area contributed by atoms with E-state index in [0.29, 0.717) is 18.2 Å². The topological polar surface area (TPSA) is 62.5 Å². The highest BCUT2D eigenvalue weighted by Gasteiger charge is 2.39. The van der Waals surface area contributed by atoms with E-state index in [0.717, 1.165) is 36.3 Å². The van der Waals surface area contributed by atoms with E-state index in [9.17, 15) is 22.4 Å². The molecule has 6 nitrogen and oxygen atoms in total. The number of carbonyl (C=O) groups excluding carboxylic acids is 1. The highest BCUT2D eigenvalue weighted by molar-refractivity contribution is 5.93. The summed E-state index contributed by atoms with van der Waals surface area (Å²) in [6, 6.07) is 2.62. The monoisotopic (exact) mass is 385 g/mol. The Hall–Kier alpha value is -2.23. The number of amides is 1. The van der Waals surface area contributed by atoms with Gasteiger partial charge in [-0.15, -0.1) is 0 Å².